The summed E-state index contributed by atoms with van der Waals surface area (Å²) in [5.41, 5.74) is 4.43. The van der Waals surface area contributed by atoms with Gasteiger partial charge in [0, 0.05) is 11.4 Å². The molecule has 0 unspecified atom stereocenters. The molecule has 21 heavy (non-hydrogen) atoms. The standard InChI is InChI=1S/C16H16N4O/c1-2-11-5-3-4-6-13(11)20-16(21)19-12-7-8-14-15(9-12)18-10-17-14/h3-10H,2H2,1H3,(H,17,18)(H2,19,20,21). The lowest BCUT2D eigenvalue weighted by molar-refractivity contribution is 0.262. The van der Waals surface area contributed by atoms with E-state index in [1.807, 2.05) is 42.5 Å². The van der Waals surface area contributed by atoms with Gasteiger partial charge in [-0.3, -0.25) is 0 Å². The molecule has 0 saturated heterocycles. The van der Waals surface area contributed by atoms with Crippen LogP contribution >= 0.6 is 0 Å². The van der Waals surface area contributed by atoms with Gasteiger partial charge in [0.15, 0.2) is 0 Å². The molecular weight excluding hydrogens is 264 g/mol. The van der Waals surface area contributed by atoms with Gasteiger partial charge in [-0.15, -0.1) is 0 Å². The number of anilines is 2. The molecule has 0 spiro atoms. The number of fused-ring (bicyclic) bond motifs is 1. The number of aromatic nitrogens is 2. The summed E-state index contributed by atoms with van der Waals surface area (Å²) >= 11 is 0. The lowest BCUT2D eigenvalue weighted by Crippen LogP contribution is -2.20. The number of carbonyl (C=O) groups excluding carboxylic acids is 1. The third kappa shape index (κ3) is 2.86. The fraction of sp³-hybridized carbons (Fsp3) is 0.125. The fourth-order valence-corrected chi connectivity index (χ4v) is 2.25. The van der Waals surface area contributed by atoms with E-state index in [9.17, 15) is 4.79 Å². The molecule has 2 aromatic carbocycles. The molecule has 0 radical (unpaired) electrons. The number of aromatic amines is 1. The molecule has 3 aromatic rings. The van der Waals surface area contributed by atoms with Crippen LogP contribution in [0.5, 0.6) is 0 Å². The van der Waals surface area contributed by atoms with Crippen LogP contribution in [0.15, 0.2) is 48.8 Å². The van der Waals surface area contributed by atoms with Gasteiger partial charge in [0.2, 0.25) is 0 Å². The Morgan fingerprint density at radius 1 is 1.19 bits per heavy atom. The minimum Gasteiger partial charge on any atom is -0.345 e. The highest BCUT2D eigenvalue weighted by Crippen LogP contribution is 2.18. The number of imidazole rings is 1. The second kappa shape index (κ2) is 5.66. The number of hydrogen-bond acceptors (Lipinski definition) is 2. The van der Waals surface area contributed by atoms with Crippen LogP contribution in [0, 0.1) is 0 Å². The Morgan fingerprint density at radius 3 is 2.90 bits per heavy atom. The molecule has 0 saturated carbocycles. The van der Waals surface area contributed by atoms with Gasteiger partial charge in [-0.1, -0.05) is 25.1 Å². The molecule has 0 aliphatic rings. The minimum atomic E-state index is -0.255. The van der Waals surface area contributed by atoms with Crippen LogP contribution in [-0.2, 0) is 6.42 Å². The van der Waals surface area contributed by atoms with Gasteiger partial charge >= 0.3 is 6.03 Å². The highest BCUT2D eigenvalue weighted by atomic mass is 16.2. The fourth-order valence-electron chi connectivity index (χ4n) is 2.25. The van der Waals surface area contributed by atoms with Gasteiger partial charge in [0.05, 0.1) is 17.4 Å². The molecule has 0 bridgehead atoms. The third-order valence-electron chi connectivity index (χ3n) is 3.32. The van der Waals surface area contributed by atoms with Crippen molar-refractivity contribution in [1.82, 2.24) is 9.97 Å². The zero-order valence-electron chi connectivity index (χ0n) is 11.7. The number of nitrogens with one attached hydrogen (secondary N) is 3. The molecule has 0 aliphatic heterocycles. The van der Waals surface area contributed by atoms with E-state index in [1.165, 1.54) is 0 Å². The van der Waals surface area contributed by atoms with E-state index in [0.717, 1.165) is 34.4 Å². The number of amides is 2. The zero-order chi connectivity index (χ0) is 14.7. The molecular formula is C16H16N4O. The Bertz CT molecular complexity index is 779. The molecule has 0 atom stereocenters. The number of nitrogens with zero attached hydrogens (tertiary/aromatic N) is 1. The van der Waals surface area contributed by atoms with Crippen molar-refractivity contribution in [2.24, 2.45) is 0 Å². The normalized spacial score (nSPS) is 10.5. The quantitative estimate of drug-likeness (QED) is 0.683. The van der Waals surface area contributed by atoms with E-state index < -0.39 is 0 Å². The number of carbonyl (C=O) groups is 1. The highest BCUT2D eigenvalue weighted by molar-refractivity contribution is 6.01. The Morgan fingerprint density at radius 2 is 2.05 bits per heavy atom. The first kappa shape index (κ1) is 13.2. The molecule has 3 rings (SSSR count). The first-order chi connectivity index (χ1) is 10.3. The van der Waals surface area contributed by atoms with Crippen LogP contribution < -0.4 is 10.6 Å². The predicted molar refractivity (Wildman–Crippen MR) is 84.6 cm³/mol. The maximum Gasteiger partial charge on any atom is 0.323 e. The van der Waals surface area contributed by atoms with Crippen LogP contribution in [0.1, 0.15) is 12.5 Å². The van der Waals surface area contributed by atoms with Crippen molar-refractivity contribution in [3.8, 4) is 0 Å². The first-order valence-corrected chi connectivity index (χ1v) is 6.85. The van der Waals surface area contributed by atoms with Crippen molar-refractivity contribution in [2.45, 2.75) is 13.3 Å². The zero-order valence-corrected chi connectivity index (χ0v) is 11.7. The minimum absolute atomic E-state index is 0.255. The Hall–Kier alpha value is -2.82. The number of hydrogen-bond donors (Lipinski definition) is 3. The van der Waals surface area contributed by atoms with E-state index >= 15 is 0 Å². The summed E-state index contributed by atoms with van der Waals surface area (Å²) in [6.45, 7) is 2.06. The first-order valence-electron chi connectivity index (χ1n) is 6.85. The van der Waals surface area contributed by atoms with Crippen molar-refractivity contribution >= 4 is 28.4 Å². The summed E-state index contributed by atoms with van der Waals surface area (Å²) < 4.78 is 0. The molecule has 5 nitrogen and oxygen atoms in total. The molecule has 0 fully saturated rings. The van der Waals surface area contributed by atoms with Crippen molar-refractivity contribution in [3.63, 3.8) is 0 Å². The number of para-hydroxylation sites is 1. The van der Waals surface area contributed by atoms with Gasteiger partial charge in [0.1, 0.15) is 0 Å². The average Bonchev–Trinajstić information content (AvgIpc) is 2.95. The van der Waals surface area contributed by atoms with Crippen molar-refractivity contribution in [2.75, 3.05) is 10.6 Å². The summed E-state index contributed by atoms with van der Waals surface area (Å²) in [4.78, 5) is 19.2. The topological polar surface area (TPSA) is 69.8 Å². The smallest absolute Gasteiger partial charge is 0.323 e. The van der Waals surface area contributed by atoms with Crippen LogP contribution in [0.25, 0.3) is 11.0 Å². The van der Waals surface area contributed by atoms with Gasteiger partial charge < -0.3 is 15.6 Å². The van der Waals surface area contributed by atoms with E-state index in [1.54, 1.807) is 6.33 Å². The van der Waals surface area contributed by atoms with E-state index in [4.69, 9.17) is 0 Å². The van der Waals surface area contributed by atoms with Crippen LogP contribution in [0.3, 0.4) is 0 Å². The summed E-state index contributed by atoms with van der Waals surface area (Å²) in [6.07, 6.45) is 2.50. The van der Waals surface area contributed by atoms with E-state index in [2.05, 4.69) is 27.5 Å². The Labute approximate surface area is 122 Å². The molecule has 5 heteroatoms. The van der Waals surface area contributed by atoms with Gasteiger partial charge in [-0.05, 0) is 36.2 Å². The van der Waals surface area contributed by atoms with Crippen molar-refractivity contribution in [3.05, 3.63) is 54.4 Å². The average molecular weight is 280 g/mol. The number of H-pyrrole nitrogens is 1. The van der Waals surface area contributed by atoms with Crippen LogP contribution in [0.4, 0.5) is 16.2 Å². The molecule has 0 aliphatic carbocycles. The molecule has 1 aromatic heterocycles. The number of urea groups is 1. The molecule has 1 heterocycles. The third-order valence-corrected chi connectivity index (χ3v) is 3.32. The molecule has 106 valence electrons. The van der Waals surface area contributed by atoms with Gasteiger partial charge in [0.25, 0.3) is 0 Å². The monoisotopic (exact) mass is 280 g/mol. The molecule has 2 amide bonds. The highest BCUT2D eigenvalue weighted by Gasteiger charge is 2.06. The number of aryl methyl sites for hydroxylation is 1. The lowest BCUT2D eigenvalue weighted by atomic mass is 10.1. The predicted octanol–water partition coefficient (Wildman–Crippen LogP) is 3.77. The summed E-state index contributed by atoms with van der Waals surface area (Å²) in [5, 5.41) is 5.70. The summed E-state index contributed by atoms with van der Waals surface area (Å²) in [6, 6.07) is 13.1. The summed E-state index contributed by atoms with van der Waals surface area (Å²) in [5.74, 6) is 0. The van der Waals surface area contributed by atoms with Gasteiger partial charge in [-0.25, -0.2) is 9.78 Å². The van der Waals surface area contributed by atoms with Crippen LogP contribution in [0.2, 0.25) is 0 Å². The Balaban J connectivity index is 1.73. The van der Waals surface area contributed by atoms with Gasteiger partial charge in [-0.2, -0.15) is 0 Å². The van der Waals surface area contributed by atoms with Crippen LogP contribution in [-0.4, -0.2) is 16.0 Å². The second-order valence-corrected chi connectivity index (χ2v) is 4.72. The van der Waals surface area contributed by atoms with Crippen molar-refractivity contribution < 1.29 is 4.79 Å². The largest absolute Gasteiger partial charge is 0.345 e. The second-order valence-electron chi connectivity index (χ2n) is 4.72. The maximum absolute atomic E-state index is 12.1. The number of rotatable bonds is 3. The lowest BCUT2D eigenvalue weighted by Gasteiger charge is -2.10. The van der Waals surface area contributed by atoms with E-state index in [-0.39, 0.29) is 6.03 Å². The van der Waals surface area contributed by atoms with E-state index in [0.29, 0.717) is 0 Å². The maximum atomic E-state index is 12.1. The molecule has 3 N–H and O–H groups in total. The number of benzene rings is 2. The summed E-state index contributed by atoms with van der Waals surface area (Å²) in [7, 11) is 0. The SMILES string of the molecule is CCc1ccccc1NC(=O)Nc1ccc2nc[nH]c2c1. The van der Waals surface area contributed by atoms with Crippen molar-refractivity contribution in [1.29, 1.82) is 0 Å². The Kier molecular flexibility index (Phi) is 3.55.